The zero-order valence-corrected chi connectivity index (χ0v) is 14.0. The van der Waals surface area contributed by atoms with Gasteiger partial charge in [0.2, 0.25) is 0 Å². The van der Waals surface area contributed by atoms with Gasteiger partial charge < -0.3 is 5.73 Å². The van der Waals surface area contributed by atoms with Crippen LogP contribution < -0.4 is 5.73 Å². The van der Waals surface area contributed by atoms with Gasteiger partial charge in [-0.15, -0.1) is 0 Å². The van der Waals surface area contributed by atoms with Gasteiger partial charge in [0.25, 0.3) is 0 Å². The maximum absolute atomic E-state index is 6.18. The number of hydrogen-bond donors (Lipinski definition) is 1. The van der Waals surface area contributed by atoms with E-state index in [9.17, 15) is 0 Å². The molecule has 3 unspecified atom stereocenters. The van der Waals surface area contributed by atoms with Gasteiger partial charge in [0.1, 0.15) is 0 Å². The zero-order chi connectivity index (χ0) is 13.7. The Kier molecular flexibility index (Phi) is 6.71. The summed E-state index contributed by atoms with van der Waals surface area (Å²) in [5, 5.41) is 0. The van der Waals surface area contributed by atoms with Gasteiger partial charge >= 0.3 is 0 Å². The van der Waals surface area contributed by atoms with Crippen molar-refractivity contribution in [2.75, 3.05) is 19.1 Å². The molecule has 3 atom stereocenters. The van der Waals surface area contributed by atoms with E-state index in [0.717, 1.165) is 10.2 Å². The van der Waals surface area contributed by atoms with Crippen molar-refractivity contribution in [3.05, 3.63) is 34.3 Å². The van der Waals surface area contributed by atoms with E-state index in [2.05, 4.69) is 72.2 Å². The van der Waals surface area contributed by atoms with Crippen molar-refractivity contribution in [2.45, 2.75) is 32.0 Å². The lowest BCUT2D eigenvalue weighted by atomic mass is 9.98. The Balaban J connectivity index is 2.92. The van der Waals surface area contributed by atoms with Crippen LogP contribution in [0, 0.1) is 0 Å². The van der Waals surface area contributed by atoms with Gasteiger partial charge in [-0.05, 0) is 44.8 Å². The lowest BCUT2D eigenvalue weighted by Gasteiger charge is -2.35. The average Bonchev–Trinajstić information content (AvgIpc) is 2.31. The summed E-state index contributed by atoms with van der Waals surface area (Å²) in [6.07, 6.45) is 2.14. The van der Waals surface area contributed by atoms with Crippen LogP contribution in [0.4, 0.5) is 0 Å². The molecule has 18 heavy (non-hydrogen) atoms. The average molecular weight is 331 g/mol. The van der Waals surface area contributed by atoms with Gasteiger partial charge in [-0.1, -0.05) is 28.1 Å². The molecule has 0 amide bonds. The highest BCUT2D eigenvalue weighted by Crippen LogP contribution is 2.26. The summed E-state index contributed by atoms with van der Waals surface area (Å²) in [7, 11) is 2.16. The van der Waals surface area contributed by atoms with Crippen LogP contribution >= 0.6 is 27.7 Å². The molecule has 1 aromatic carbocycles. The number of halogens is 1. The summed E-state index contributed by atoms with van der Waals surface area (Å²) in [4.78, 5) is 2.38. The molecule has 0 spiro atoms. The molecule has 4 heteroatoms. The van der Waals surface area contributed by atoms with Crippen LogP contribution in [-0.4, -0.2) is 36.0 Å². The highest BCUT2D eigenvalue weighted by molar-refractivity contribution is 9.10. The third-order valence-corrected chi connectivity index (χ3v) is 4.60. The van der Waals surface area contributed by atoms with E-state index in [1.165, 1.54) is 5.56 Å². The summed E-state index contributed by atoms with van der Waals surface area (Å²) in [6.45, 7) is 4.33. The molecule has 0 saturated heterocycles. The molecule has 0 bridgehead atoms. The second kappa shape index (κ2) is 7.53. The second-order valence-corrected chi connectivity index (χ2v) is 6.65. The van der Waals surface area contributed by atoms with E-state index in [4.69, 9.17) is 5.73 Å². The van der Waals surface area contributed by atoms with Crippen LogP contribution in [0.15, 0.2) is 28.7 Å². The van der Waals surface area contributed by atoms with Crippen LogP contribution in [-0.2, 0) is 0 Å². The van der Waals surface area contributed by atoms with Gasteiger partial charge in [0.15, 0.2) is 0 Å². The molecule has 0 heterocycles. The van der Waals surface area contributed by atoms with Gasteiger partial charge in [0, 0.05) is 28.4 Å². The molecule has 102 valence electrons. The van der Waals surface area contributed by atoms with E-state index in [1.807, 2.05) is 11.8 Å². The molecule has 0 saturated carbocycles. The summed E-state index contributed by atoms with van der Waals surface area (Å²) in [5.74, 6) is 1.12. The molecule has 0 aromatic heterocycles. The topological polar surface area (TPSA) is 29.3 Å². The van der Waals surface area contributed by atoms with Crippen LogP contribution in [0.1, 0.15) is 25.5 Å². The number of nitrogens with zero attached hydrogens (tertiary/aromatic N) is 1. The molecule has 2 N–H and O–H groups in total. The Morgan fingerprint density at radius 1 is 1.28 bits per heavy atom. The van der Waals surface area contributed by atoms with E-state index in [0.29, 0.717) is 6.04 Å². The summed E-state index contributed by atoms with van der Waals surface area (Å²) >= 11 is 5.35. The molecule has 0 fully saturated rings. The molecular weight excluding hydrogens is 308 g/mol. The minimum atomic E-state index is 0.112. The van der Waals surface area contributed by atoms with E-state index >= 15 is 0 Å². The summed E-state index contributed by atoms with van der Waals surface area (Å²) < 4.78 is 1.11. The molecule has 2 nitrogen and oxygen atoms in total. The smallest absolute Gasteiger partial charge is 0.0496 e. The van der Waals surface area contributed by atoms with Crippen molar-refractivity contribution >= 4 is 27.7 Å². The normalized spacial score (nSPS) is 16.6. The first-order chi connectivity index (χ1) is 8.47. The van der Waals surface area contributed by atoms with Gasteiger partial charge in [-0.25, -0.2) is 0 Å². The van der Waals surface area contributed by atoms with Crippen molar-refractivity contribution in [3.63, 3.8) is 0 Å². The third kappa shape index (κ3) is 4.26. The molecule has 0 aliphatic carbocycles. The Morgan fingerprint density at radius 2 is 1.83 bits per heavy atom. The Labute approximate surface area is 123 Å². The number of benzene rings is 1. The molecule has 1 rings (SSSR count). The number of likely N-dealkylation sites (N-methyl/N-ethyl adjacent to an activating group) is 1. The van der Waals surface area contributed by atoms with Crippen molar-refractivity contribution < 1.29 is 0 Å². The monoisotopic (exact) mass is 330 g/mol. The minimum absolute atomic E-state index is 0.112. The van der Waals surface area contributed by atoms with Crippen LogP contribution in [0.25, 0.3) is 0 Å². The molecule has 0 radical (unpaired) electrons. The largest absolute Gasteiger partial charge is 0.326 e. The predicted octanol–water partition coefficient (Wildman–Crippen LogP) is 3.52. The molecule has 0 aliphatic rings. The molecular formula is C14H23BrN2S. The van der Waals surface area contributed by atoms with Crippen LogP contribution in [0.3, 0.4) is 0 Å². The first-order valence-corrected chi connectivity index (χ1v) is 8.38. The lowest BCUT2D eigenvalue weighted by molar-refractivity contribution is 0.178. The highest BCUT2D eigenvalue weighted by atomic mass is 79.9. The van der Waals surface area contributed by atoms with Crippen LogP contribution in [0.2, 0.25) is 0 Å². The standard InChI is InChI=1S/C14H23BrN2S/c1-10(9-18-4)17(3)14(11(2)16)12-5-7-13(15)8-6-12/h5-8,10-11,14H,9,16H2,1-4H3. The fourth-order valence-electron chi connectivity index (χ4n) is 2.20. The fraction of sp³-hybridized carbons (Fsp3) is 0.571. The van der Waals surface area contributed by atoms with Crippen LogP contribution in [0.5, 0.6) is 0 Å². The van der Waals surface area contributed by atoms with E-state index in [1.54, 1.807) is 0 Å². The second-order valence-electron chi connectivity index (χ2n) is 4.83. The Morgan fingerprint density at radius 3 is 2.28 bits per heavy atom. The van der Waals surface area contributed by atoms with Gasteiger partial charge in [0.05, 0.1) is 0 Å². The first-order valence-electron chi connectivity index (χ1n) is 6.19. The summed E-state index contributed by atoms with van der Waals surface area (Å²) in [5.41, 5.74) is 7.46. The highest BCUT2D eigenvalue weighted by Gasteiger charge is 2.24. The Hall–Kier alpha value is -0.0300. The maximum atomic E-state index is 6.18. The molecule has 0 aliphatic heterocycles. The number of hydrogen-bond acceptors (Lipinski definition) is 3. The third-order valence-electron chi connectivity index (χ3n) is 3.25. The Bertz CT molecular complexity index is 353. The van der Waals surface area contributed by atoms with E-state index < -0.39 is 0 Å². The number of rotatable bonds is 6. The SMILES string of the molecule is CSCC(C)N(C)C(c1ccc(Br)cc1)C(C)N. The summed E-state index contributed by atoms with van der Waals surface area (Å²) in [6, 6.07) is 9.36. The van der Waals surface area contributed by atoms with Crippen molar-refractivity contribution in [1.29, 1.82) is 0 Å². The quantitative estimate of drug-likeness (QED) is 0.865. The fourth-order valence-corrected chi connectivity index (χ4v) is 3.18. The van der Waals surface area contributed by atoms with Crippen molar-refractivity contribution in [1.82, 2.24) is 4.90 Å². The van der Waals surface area contributed by atoms with Gasteiger partial charge in [-0.2, -0.15) is 11.8 Å². The molecule has 1 aromatic rings. The van der Waals surface area contributed by atoms with Gasteiger partial charge in [-0.3, -0.25) is 4.90 Å². The predicted molar refractivity (Wildman–Crippen MR) is 86.1 cm³/mol. The number of nitrogens with two attached hydrogens (primary N) is 1. The van der Waals surface area contributed by atoms with E-state index in [-0.39, 0.29) is 12.1 Å². The first kappa shape index (κ1) is 16.0. The van der Waals surface area contributed by atoms with Crippen molar-refractivity contribution in [2.24, 2.45) is 5.73 Å². The zero-order valence-electron chi connectivity index (χ0n) is 11.6. The maximum Gasteiger partial charge on any atom is 0.0496 e. The lowest BCUT2D eigenvalue weighted by Crippen LogP contribution is -2.42. The minimum Gasteiger partial charge on any atom is -0.326 e. The number of thioether (sulfide) groups is 1. The van der Waals surface area contributed by atoms with Crippen molar-refractivity contribution in [3.8, 4) is 0 Å².